The Morgan fingerprint density at radius 2 is 1.06 bits per heavy atom. The molecule has 0 heterocycles. The van der Waals surface area contributed by atoms with E-state index in [1.165, 1.54) is 22.3 Å². The van der Waals surface area contributed by atoms with Crippen molar-refractivity contribution in [3.8, 4) is 0 Å². The molecule has 0 saturated carbocycles. The van der Waals surface area contributed by atoms with Crippen LogP contribution in [-0.4, -0.2) is 0 Å². The van der Waals surface area contributed by atoms with Gasteiger partial charge >= 0.3 is 26.2 Å². The molecule has 0 aromatic rings. The van der Waals surface area contributed by atoms with Gasteiger partial charge in [-0.25, -0.2) is 22.3 Å². The smallest absolute Gasteiger partial charge is 1.00 e. The van der Waals surface area contributed by atoms with E-state index in [1.54, 1.807) is 0 Å². The van der Waals surface area contributed by atoms with Crippen LogP contribution in [0.4, 0.5) is 0 Å². The molecule has 2 aliphatic rings. The van der Waals surface area contributed by atoms with Crippen LogP contribution in [-0.2, 0) is 26.2 Å². The number of hydrogen-bond acceptors (Lipinski definition) is 0. The summed E-state index contributed by atoms with van der Waals surface area (Å²) in [6.45, 7) is 8.43. The fourth-order valence-electron chi connectivity index (χ4n) is 1.30. The minimum absolute atomic E-state index is 0. The zero-order chi connectivity index (χ0) is 10.6. The summed E-state index contributed by atoms with van der Waals surface area (Å²) in [7, 11) is 0. The SMILES string of the molecule is CC1=[C-]CC=C1C.CC1=[C-]CC=C1C.[Cl-].[Cl-].[Zr+4]. The van der Waals surface area contributed by atoms with Crippen molar-refractivity contribution < 1.29 is 51.0 Å². The summed E-state index contributed by atoms with van der Waals surface area (Å²) >= 11 is 0. The molecule has 0 aromatic carbocycles. The molecule has 0 N–H and O–H groups in total. The van der Waals surface area contributed by atoms with Gasteiger partial charge in [-0.05, 0) is 0 Å². The standard InChI is InChI=1S/2C7H9.2ClH.Zr/c2*1-6-4-3-5-7(6)2;;;/h2*4H,3H2,1-2H3;2*1H;/q2*-1;;;+4/p-2. The minimum Gasteiger partial charge on any atom is -1.00 e. The van der Waals surface area contributed by atoms with Crippen LogP contribution in [0, 0.1) is 12.2 Å². The first kappa shape index (κ1) is 22.6. The van der Waals surface area contributed by atoms with Crippen LogP contribution < -0.4 is 24.8 Å². The fraction of sp³-hybridized carbons (Fsp3) is 0.429. The molecule has 92 valence electrons. The second kappa shape index (κ2) is 11.5. The first-order chi connectivity index (χ1) is 6.61. The van der Waals surface area contributed by atoms with Crippen LogP contribution in [0.3, 0.4) is 0 Å². The second-order valence-corrected chi connectivity index (χ2v) is 3.79. The molecule has 2 rings (SSSR count). The van der Waals surface area contributed by atoms with Crippen LogP contribution in [0.5, 0.6) is 0 Å². The van der Waals surface area contributed by atoms with E-state index in [-0.39, 0.29) is 51.0 Å². The molecule has 0 amide bonds. The molecule has 0 aromatic heterocycles. The van der Waals surface area contributed by atoms with Gasteiger partial charge in [0.25, 0.3) is 0 Å². The quantitative estimate of drug-likeness (QED) is 0.452. The van der Waals surface area contributed by atoms with Crippen molar-refractivity contribution in [2.45, 2.75) is 40.5 Å². The monoisotopic (exact) mass is 346 g/mol. The van der Waals surface area contributed by atoms with Crippen molar-refractivity contribution in [3.63, 3.8) is 0 Å². The molecule has 0 radical (unpaired) electrons. The maximum atomic E-state index is 3.19. The normalized spacial score (nSPS) is 15.8. The molecular formula is C14H18Cl2Zr. The number of allylic oxidation sites excluding steroid dienone is 8. The van der Waals surface area contributed by atoms with Crippen molar-refractivity contribution >= 4 is 0 Å². The molecule has 0 nitrogen and oxygen atoms in total. The van der Waals surface area contributed by atoms with Crippen molar-refractivity contribution in [2.75, 3.05) is 0 Å². The Balaban J connectivity index is -0.000000196. The van der Waals surface area contributed by atoms with Crippen LogP contribution in [0.15, 0.2) is 34.4 Å². The molecule has 0 aliphatic heterocycles. The average molecular weight is 348 g/mol. The number of rotatable bonds is 0. The van der Waals surface area contributed by atoms with Gasteiger partial charge in [0, 0.05) is 0 Å². The van der Waals surface area contributed by atoms with Gasteiger partial charge in [-0.3, -0.25) is 12.2 Å². The molecule has 0 spiro atoms. The number of hydrogen-bond donors (Lipinski definition) is 0. The summed E-state index contributed by atoms with van der Waals surface area (Å²) in [5.74, 6) is 0. The molecule has 17 heavy (non-hydrogen) atoms. The molecular weight excluding hydrogens is 330 g/mol. The van der Waals surface area contributed by atoms with E-state index in [1.807, 2.05) is 0 Å². The van der Waals surface area contributed by atoms with Crippen LogP contribution in [0.2, 0.25) is 0 Å². The Morgan fingerprint density at radius 1 is 0.765 bits per heavy atom. The van der Waals surface area contributed by atoms with Gasteiger partial charge in [0.15, 0.2) is 0 Å². The summed E-state index contributed by atoms with van der Waals surface area (Å²) < 4.78 is 0. The molecule has 0 fully saturated rings. The third kappa shape index (κ3) is 8.19. The van der Waals surface area contributed by atoms with Crippen LogP contribution in [0.25, 0.3) is 0 Å². The predicted octanol–water partition coefficient (Wildman–Crippen LogP) is -1.82. The Bertz CT molecular complexity index is 270. The maximum absolute atomic E-state index is 3.19. The third-order valence-corrected chi connectivity index (χ3v) is 2.73. The molecule has 0 saturated heterocycles. The summed E-state index contributed by atoms with van der Waals surface area (Å²) in [4.78, 5) is 0. The van der Waals surface area contributed by atoms with Crippen LogP contribution >= 0.6 is 0 Å². The summed E-state index contributed by atoms with van der Waals surface area (Å²) in [5, 5.41) is 0. The Kier molecular flexibility index (Phi) is 15.3. The molecule has 0 atom stereocenters. The van der Waals surface area contributed by atoms with Gasteiger partial charge in [0.05, 0.1) is 0 Å². The first-order valence-electron chi connectivity index (χ1n) is 5.10. The maximum Gasteiger partial charge on any atom is 4.00 e. The zero-order valence-electron chi connectivity index (χ0n) is 10.8. The summed E-state index contributed by atoms with van der Waals surface area (Å²) in [6, 6.07) is 0. The van der Waals surface area contributed by atoms with Crippen LogP contribution in [0.1, 0.15) is 40.5 Å². The van der Waals surface area contributed by atoms with Gasteiger partial charge in [0.1, 0.15) is 0 Å². The Hall–Kier alpha value is 0.423. The molecule has 2 aliphatic carbocycles. The first-order valence-corrected chi connectivity index (χ1v) is 5.10. The Labute approximate surface area is 137 Å². The van der Waals surface area contributed by atoms with Gasteiger partial charge in [-0.1, -0.05) is 13.8 Å². The van der Waals surface area contributed by atoms with E-state index >= 15 is 0 Å². The van der Waals surface area contributed by atoms with Crippen molar-refractivity contribution in [3.05, 3.63) is 46.6 Å². The van der Waals surface area contributed by atoms with E-state index in [0.29, 0.717) is 0 Å². The zero-order valence-corrected chi connectivity index (χ0v) is 14.8. The summed E-state index contributed by atoms with van der Waals surface area (Å²) in [6.07, 6.45) is 12.8. The topological polar surface area (TPSA) is 0 Å². The van der Waals surface area contributed by atoms with Crippen molar-refractivity contribution in [1.29, 1.82) is 0 Å². The molecule has 0 unspecified atom stereocenters. The van der Waals surface area contributed by atoms with Gasteiger partial charge in [-0.15, -0.1) is 26.7 Å². The average Bonchev–Trinajstić information content (AvgIpc) is 2.67. The molecule has 0 bridgehead atoms. The van der Waals surface area contributed by atoms with E-state index in [9.17, 15) is 0 Å². The Morgan fingerprint density at radius 3 is 1.12 bits per heavy atom. The largest absolute Gasteiger partial charge is 4.00 e. The third-order valence-electron chi connectivity index (χ3n) is 2.73. The van der Waals surface area contributed by atoms with Gasteiger partial charge in [0.2, 0.25) is 0 Å². The molecule has 3 heteroatoms. The van der Waals surface area contributed by atoms with E-state index in [4.69, 9.17) is 0 Å². The van der Waals surface area contributed by atoms with Gasteiger partial charge in [-0.2, -0.15) is 12.2 Å². The fourth-order valence-corrected chi connectivity index (χ4v) is 1.30. The van der Waals surface area contributed by atoms with Crippen molar-refractivity contribution in [1.82, 2.24) is 0 Å². The van der Waals surface area contributed by atoms with Gasteiger partial charge < -0.3 is 24.8 Å². The second-order valence-electron chi connectivity index (χ2n) is 3.79. The van der Waals surface area contributed by atoms with E-state index in [2.05, 4.69) is 52.0 Å². The summed E-state index contributed by atoms with van der Waals surface area (Å²) in [5.41, 5.74) is 5.42. The van der Waals surface area contributed by atoms with E-state index < -0.39 is 0 Å². The van der Waals surface area contributed by atoms with Crippen molar-refractivity contribution in [2.24, 2.45) is 0 Å². The predicted molar refractivity (Wildman–Crippen MR) is 61.6 cm³/mol. The number of halogens is 2. The van der Waals surface area contributed by atoms with E-state index in [0.717, 1.165) is 12.8 Å². The minimum atomic E-state index is 0.